The highest BCUT2D eigenvalue weighted by Crippen LogP contribution is 2.13. The second-order valence-electron chi connectivity index (χ2n) is 1.74. The van der Waals surface area contributed by atoms with Crippen LogP contribution in [0, 0.1) is 0 Å². The zero-order valence-corrected chi connectivity index (χ0v) is 6.52. The molecule has 1 heterocycles. The van der Waals surface area contributed by atoms with Crippen molar-refractivity contribution in [2.75, 3.05) is 6.54 Å². The fraction of sp³-hybridized carbons (Fsp3) is 0.333. The zero-order valence-electron chi connectivity index (χ0n) is 4.93. The Balaban J connectivity index is 2.61. The highest BCUT2D eigenvalue weighted by molar-refractivity contribution is 9.10. The van der Waals surface area contributed by atoms with Crippen LogP contribution in [-0.4, -0.2) is 6.54 Å². The minimum atomic E-state index is 0.639. The van der Waals surface area contributed by atoms with Gasteiger partial charge in [0.15, 0.2) is 4.67 Å². The Morgan fingerprint density at radius 3 is 2.78 bits per heavy atom. The van der Waals surface area contributed by atoms with Gasteiger partial charge >= 0.3 is 0 Å². The lowest BCUT2D eigenvalue weighted by Gasteiger charge is -1.87. The van der Waals surface area contributed by atoms with Gasteiger partial charge in [0.25, 0.3) is 0 Å². The lowest BCUT2D eigenvalue weighted by Crippen LogP contribution is -2.01. The molecule has 0 radical (unpaired) electrons. The van der Waals surface area contributed by atoms with Gasteiger partial charge in [0.1, 0.15) is 5.76 Å². The third-order valence-electron chi connectivity index (χ3n) is 1.02. The SMILES string of the molecule is NCCc1ccc(Br)o1. The van der Waals surface area contributed by atoms with Gasteiger partial charge in [0.05, 0.1) is 0 Å². The van der Waals surface area contributed by atoms with Crippen molar-refractivity contribution in [1.29, 1.82) is 0 Å². The normalized spacial score (nSPS) is 10.0. The molecule has 2 nitrogen and oxygen atoms in total. The molecule has 0 aliphatic rings. The molecule has 50 valence electrons. The number of furan rings is 1. The fourth-order valence-corrected chi connectivity index (χ4v) is 0.968. The van der Waals surface area contributed by atoms with Gasteiger partial charge in [-0.2, -0.15) is 0 Å². The van der Waals surface area contributed by atoms with E-state index in [1.54, 1.807) is 0 Å². The second-order valence-corrected chi connectivity index (χ2v) is 2.53. The first-order chi connectivity index (χ1) is 4.33. The maximum absolute atomic E-state index is 5.29. The van der Waals surface area contributed by atoms with E-state index in [1.807, 2.05) is 12.1 Å². The Morgan fingerprint density at radius 2 is 2.33 bits per heavy atom. The van der Waals surface area contributed by atoms with Gasteiger partial charge in [0.2, 0.25) is 0 Å². The first kappa shape index (κ1) is 6.83. The quantitative estimate of drug-likeness (QED) is 0.768. The summed E-state index contributed by atoms with van der Waals surface area (Å²) in [6.45, 7) is 0.639. The van der Waals surface area contributed by atoms with E-state index in [9.17, 15) is 0 Å². The van der Waals surface area contributed by atoms with E-state index in [4.69, 9.17) is 10.2 Å². The Hall–Kier alpha value is -0.280. The smallest absolute Gasteiger partial charge is 0.169 e. The molecule has 0 saturated heterocycles. The van der Waals surface area contributed by atoms with Gasteiger partial charge < -0.3 is 10.2 Å². The molecule has 0 unspecified atom stereocenters. The van der Waals surface area contributed by atoms with Gasteiger partial charge in [-0.1, -0.05) is 0 Å². The summed E-state index contributed by atoms with van der Waals surface area (Å²) in [5, 5.41) is 0. The van der Waals surface area contributed by atoms with Crippen LogP contribution in [0.15, 0.2) is 21.2 Å². The van der Waals surface area contributed by atoms with E-state index in [2.05, 4.69) is 15.9 Å². The van der Waals surface area contributed by atoms with Crippen molar-refractivity contribution in [2.45, 2.75) is 6.42 Å². The van der Waals surface area contributed by atoms with Crippen LogP contribution in [0.25, 0.3) is 0 Å². The third kappa shape index (κ3) is 1.84. The lowest BCUT2D eigenvalue weighted by atomic mass is 10.3. The van der Waals surface area contributed by atoms with E-state index in [-0.39, 0.29) is 0 Å². The van der Waals surface area contributed by atoms with Crippen LogP contribution in [0.5, 0.6) is 0 Å². The highest BCUT2D eigenvalue weighted by atomic mass is 79.9. The standard InChI is InChI=1S/C6H8BrNO/c7-6-2-1-5(9-6)3-4-8/h1-2H,3-4,8H2. The van der Waals surface area contributed by atoms with Crippen LogP contribution in [0.4, 0.5) is 0 Å². The molecule has 0 aliphatic carbocycles. The third-order valence-corrected chi connectivity index (χ3v) is 1.45. The minimum Gasteiger partial charge on any atom is -0.454 e. The van der Waals surface area contributed by atoms with E-state index in [0.29, 0.717) is 6.54 Å². The first-order valence-corrected chi connectivity index (χ1v) is 3.56. The molecule has 0 saturated carbocycles. The monoisotopic (exact) mass is 189 g/mol. The molecule has 1 aromatic heterocycles. The van der Waals surface area contributed by atoms with Crippen molar-refractivity contribution in [3.63, 3.8) is 0 Å². The molecule has 0 aromatic carbocycles. The molecule has 0 amide bonds. The molecule has 0 aliphatic heterocycles. The van der Waals surface area contributed by atoms with Crippen LogP contribution < -0.4 is 5.73 Å². The molecular weight excluding hydrogens is 182 g/mol. The lowest BCUT2D eigenvalue weighted by molar-refractivity contribution is 0.489. The topological polar surface area (TPSA) is 39.2 Å². The summed E-state index contributed by atoms with van der Waals surface area (Å²) < 4.78 is 5.93. The van der Waals surface area contributed by atoms with Crippen molar-refractivity contribution in [2.24, 2.45) is 5.73 Å². The summed E-state index contributed by atoms with van der Waals surface area (Å²) in [6.07, 6.45) is 0.811. The molecule has 3 heteroatoms. The zero-order chi connectivity index (χ0) is 6.69. The molecule has 1 aromatic rings. The average molecular weight is 190 g/mol. The molecule has 2 N–H and O–H groups in total. The summed E-state index contributed by atoms with van der Waals surface area (Å²) in [7, 11) is 0. The van der Waals surface area contributed by atoms with Crippen LogP contribution >= 0.6 is 15.9 Å². The van der Waals surface area contributed by atoms with Gasteiger partial charge in [-0.05, 0) is 34.6 Å². The van der Waals surface area contributed by atoms with Crippen molar-refractivity contribution in [3.8, 4) is 0 Å². The largest absolute Gasteiger partial charge is 0.454 e. The second kappa shape index (κ2) is 3.03. The maximum Gasteiger partial charge on any atom is 0.169 e. The molecule has 0 atom stereocenters. The molecule has 0 fully saturated rings. The maximum atomic E-state index is 5.29. The number of rotatable bonds is 2. The van der Waals surface area contributed by atoms with Crippen molar-refractivity contribution in [3.05, 3.63) is 22.6 Å². The average Bonchev–Trinajstić information content (AvgIpc) is 2.17. The summed E-state index contributed by atoms with van der Waals surface area (Å²) in [4.78, 5) is 0. The molecule has 0 spiro atoms. The minimum absolute atomic E-state index is 0.639. The highest BCUT2D eigenvalue weighted by Gasteiger charge is 1.95. The van der Waals surface area contributed by atoms with E-state index >= 15 is 0 Å². The fourth-order valence-electron chi connectivity index (χ4n) is 0.628. The van der Waals surface area contributed by atoms with E-state index in [1.165, 1.54) is 0 Å². The van der Waals surface area contributed by atoms with Crippen LogP contribution in [0.3, 0.4) is 0 Å². The van der Waals surface area contributed by atoms with Crippen LogP contribution in [0.1, 0.15) is 5.76 Å². The molecular formula is C6H8BrNO. The summed E-state index contributed by atoms with van der Waals surface area (Å²) in [5.41, 5.74) is 5.29. The number of hydrogen-bond acceptors (Lipinski definition) is 2. The number of hydrogen-bond donors (Lipinski definition) is 1. The predicted octanol–water partition coefficient (Wildman–Crippen LogP) is 1.54. The Bertz CT molecular complexity index is 185. The molecule has 1 rings (SSSR count). The summed E-state index contributed by atoms with van der Waals surface area (Å²) in [5.74, 6) is 0.935. The van der Waals surface area contributed by atoms with Crippen LogP contribution in [0.2, 0.25) is 0 Å². The first-order valence-electron chi connectivity index (χ1n) is 2.77. The van der Waals surface area contributed by atoms with Crippen molar-refractivity contribution < 1.29 is 4.42 Å². The van der Waals surface area contributed by atoms with E-state index in [0.717, 1.165) is 16.9 Å². The van der Waals surface area contributed by atoms with Crippen LogP contribution in [-0.2, 0) is 6.42 Å². The van der Waals surface area contributed by atoms with Crippen molar-refractivity contribution in [1.82, 2.24) is 0 Å². The summed E-state index contributed by atoms with van der Waals surface area (Å²) in [6, 6.07) is 3.78. The van der Waals surface area contributed by atoms with Crippen molar-refractivity contribution >= 4 is 15.9 Å². The van der Waals surface area contributed by atoms with Gasteiger partial charge in [-0.25, -0.2) is 0 Å². The molecule has 0 bridgehead atoms. The number of nitrogens with two attached hydrogens (primary N) is 1. The Labute approximate surface area is 62.2 Å². The predicted molar refractivity (Wildman–Crippen MR) is 39.2 cm³/mol. The molecule has 9 heavy (non-hydrogen) atoms. The van der Waals surface area contributed by atoms with Gasteiger partial charge in [0, 0.05) is 6.42 Å². The van der Waals surface area contributed by atoms with Gasteiger partial charge in [-0.3, -0.25) is 0 Å². The van der Waals surface area contributed by atoms with E-state index < -0.39 is 0 Å². The Kier molecular flexibility index (Phi) is 2.30. The Morgan fingerprint density at radius 1 is 1.56 bits per heavy atom. The number of halogens is 1. The van der Waals surface area contributed by atoms with Gasteiger partial charge in [-0.15, -0.1) is 0 Å². The summed E-state index contributed by atoms with van der Waals surface area (Å²) >= 11 is 3.19.